The molecular weight excluding hydrogens is 394 g/mol. The van der Waals surface area contributed by atoms with Crippen LogP contribution in [0.25, 0.3) is 5.69 Å². The highest BCUT2D eigenvalue weighted by Crippen LogP contribution is 2.20. The van der Waals surface area contributed by atoms with Gasteiger partial charge in [-0.05, 0) is 50.1 Å². The SMILES string of the molecule is Cc1ccc(NC(=O)CSc2nccn(-c3ccc(C)c(Cl)c3)c2=O)c(C)c1. The Morgan fingerprint density at radius 2 is 1.93 bits per heavy atom. The number of nitrogens with one attached hydrogen (secondary N) is 1. The highest BCUT2D eigenvalue weighted by molar-refractivity contribution is 7.99. The number of hydrogen-bond acceptors (Lipinski definition) is 4. The zero-order chi connectivity index (χ0) is 20.3. The van der Waals surface area contributed by atoms with Gasteiger partial charge in [0, 0.05) is 23.1 Å². The number of hydrogen-bond donors (Lipinski definition) is 1. The van der Waals surface area contributed by atoms with Crippen molar-refractivity contribution in [2.45, 2.75) is 25.8 Å². The molecule has 3 rings (SSSR count). The summed E-state index contributed by atoms with van der Waals surface area (Å²) in [5.74, 6) is -0.0965. The van der Waals surface area contributed by atoms with Gasteiger partial charge in [-0.3, -0.25) is 14.2 Å². The number of carbonyl (C=O) groups excluding carboxylic acids is 1. The minimum Gasteiger partial charge on any atom is -0.325 e. The lowest BCUT2D eigenvalue weighted by Gasteiger charge is -2.10. The molecule has 0 aliphatic carbocycles. The summed E-state index contributed by atoms with van der Waals surface area (Å²) in [5.41, 5.74) is 4.20. The van der Waals surface area contributed by atoms with Crippen LogP contribution < -0.4 is 10.9 Å². The van der Waals surface area contributed by atoms with Gasteiger partial charge in [-0.1, -0.05) is 47.1 Å². The molecular formula is C21H20ClN3O2S. The maximum atomic E-state index is 12.7. The fourth-order valence-corrected chi connectivity index (χ4v) is 3.57. The number of rotatable bonds is 5. The predicted molar refractivity (Wildman–Crippen MR) is 115 cm³/mol. The van der Waals surface area contributed by atoms with Gasteiger partial charge in [0.05, 0.1) is 11.4 Å². The first-order valence-corrected chi connectivity index (χ1v) is 10.1. The van der Waals surface area contributed by atoms with Crippen LogP contribution in [-0.2, 0) is 4.79 Å². The van der Waals surface area contributed by atoms with E-state index in [9.17, 15) is 9.59 Å². The van der Waals surface area contributed by atoms with Crippen LogP contribution in [-0.4, -0.2) is 21.2 Å². The molecule has 7 heteroatoms. The van der Waals surface area contributed by atoms with Crippen LogP contribution in [0.1, 0.15) is 16.7 Å². The molecule has 2 aromatic carbocycles. The van der Waals surface area contributed by atoms with E-state index in [1.807, 2.05) is 51.1 Å². The number of carbonyl (C=O) groups is 1. The fourth-order valence-electron chi connectivity index (χ4n) is 2.70. The van der Waals surface area contributed by atoms with Crippen LogP contribution in [0.5, 0.6) is 0 Å². The van der Waals surface area contributed by atoms with Crippen LogP contribution >= 0.6 is 23.4 Å². The van der Waals surface area contributed by atoms with Crippen LogP contribution in [0, 0.1) is 20.8 Å². The van der Waals surface area contributed by atoms with Crippen molar-refractivity contribution in [3.8, 4) is 5.69 Å². The molecule has 0 bridgehead atoms. The molecule has 144 valence electrons. The molecule has 0 saturated heterocycles. The normalized spacial score (nSPS) is 10.7. The lowest BCUT2D eigenvalue weighted by molar-refractivity contribution is -0.113. The summed E-state index contributed by atoms with van der Waals surface area (Å²) in [6, 6.07) is 11.2. The molecule has 3 aromatic rings. The molecule has 0 atom stereocenters. The first-order valence-electron chi connectivity index (χ1n) is 8.69. The van der Waals surface area contributed by atoms with Crippen LogP contribution in [0.15, 0.2) is 58.6 Å². The Morgan fingerprint density at radius 1 is 1.14 bits per heavy atom. The maximum absolute atomic E-state index is 12.7. The summed E-state index contributed by atoms with van der Waals surface area (Å²) in [6.45, 7) is 5.85. The van der Waals surface area contributed by atoms with Crippen molar-refractivity contribution < 1.29 is 4.79 Å². The average Bonchev–Trinajstić information content (AvgIpc) is 2.65. The smallest absolute Gasteiger partial charge is 0.287 e. The van der Waals surface area contributed by atoms with E-state index in [1.54, 1.807) is 18.5 Å². The van der Waals surface area contributed by atoms with Crippen molar-refractivity contribution in [3.63, 3.8) is 0 Å². The summed E-state index contributed by atoms with van der Waals surface area (Å²) in [5, 5.41) is 3.72. The molecule has 0 radical (unpaired) electrons. The number of halogens is 1. The van der Waals surface area contributed by atoms with E-state index in [1.165, 1.54) is 4.57 Å². The number of anilines is 1. The second kappa shape index (κ2) is 8.63. The summed E-state index contributed by atoms with van der Waals surface area (Å²) >= 11 is 7.28. The molecule has 1 amide bonds. The largest absolute Gasteiger partial charge is 0.325 e. The van der Waals surface area contributed by atoms with Crippen molar-refractivity contribution in [2.75, 3.05) is 11.1 Å². The predicted octanol–water partition coefficient (Wildman–Crippen LogP) is 4.54. The molecule has 0 fully saturated rings. The van der Waals surface area contributed by atoms with Crippen molar-refractivity contribution >= 4 is 35.0 Å². The maximum Gasteiger partial charge on any atom is 0.287 e. The van der Waals surface area contributed by atoms with Crippen molar-refractivity contribution in [2.24, 2.45) is 0 Å². The molecule has 0 aliphatic rings. The van der Waals surface area contributed by atoms with Gasteiger partial charge in [-0.15, -0.1) is 0 Å². The third kappa shape index (κ3) is 4.64. The van der Waals surface area contributed by atoms with E-state index in [0.717, 1.165) is 34.1 Å². The topological polar surface area (TPSA) is 64.0 Å². The number of aromatic nitrogens is 2. The second-order valence-electron chi connectivity index (χ2n) is 6.50. The molecule has 5 nitrogen and oxygen atoms in total. The summed E-state index contributed by atoms with van der Waals surface area (Å²) < 4.78 is 1.47. The summed E-state index contributed by atoms with van der Waals surface area (Å²) in [6.07, 6.45) is 3.13. The van der Waals surface area contributed by atoms with Crippen LogP contribution in [0.4, 0.5) is 5.69 Å². The monoisotopic (exact) mass is 413 g/mol. The van der Waals surface area contributed by atoms with Gasteiger partial charge < -0.3 is 5.32 Å². The standard InChI is InChI=1S/C21H20ClN3O2S/c1-13-4-7-18(15(3)10-13)24-19(26)12-28-20-21(27)25(9-8-23-20)16-6-5-14(2)17(22)11-16/h4-11H,12H2,1-3H3,(H,24,26). The van der Waals surface area contributed by atoms with Gasteiger partial charge in [-0.2, -0.15) is 0 Å². The Bertz CT molecular complexity index is 1100. The molecule has 1 aromatic heterocycles. The Labute approximate surface area is 172 Å². The Kier molecular flexibility index (Phi) is 6.21. The van der Waals surface area contributed by atoms with E-state index >= 15 is 0 Å². The minimum absolute atomic E-state index is 0.0915. The van der Waals surface area contributed by atoms with Crippen LogP contribution in [0.2, 0.25) is 5.02 Å². The van der Waals surface area contributed by atoms with E-state index in [0.29, 0.717) is 10.7 Å². The Balaban J connectivity index is 1.73. The lowest BCUT2D eigenvalue weighted by Crippen LogP contribution is -2.22. The van der Waals surface area contributed by atoms with Gasteiger partial charge in [0.1, 0.15) is 0 Å². The first kappa shape index (κ1) is 20.2. The van der Waals surface area contributed by atoms with Gasteiger partial charge in [-0.25, -0.2) is 4.98 Å². The number of amides is 1. The van der Waals surface area contributed by atoms with Gasteiger partial charge in [0.25, 0.3) is 5.56 Å². The van der Waals surface area contributed by atoms with Crippen molar-refractivity contribution in [1.29, 1.82) is 0 Å². The molecule has 0 spiro atoms. The van der Waals surface area contributed by atoms with E-state index in [-0.39, 0.29) is 22.2 Å². The van der Waals surface area contributed by atoms with Crippen molar-refractivity contribution in [1.82, 2.24) is 9.55 Å². The zero-order valence-electron chi connectivity index (χ0n) is 15.8. The Hall–Kier alpha value is -2.57. The number of benzene rings is 2. The zero-order valence-corrected chi connectivity index (χ0v) is 17.4. The highest BCUT2D eigenvalue weighted by atomic mass is 35.5. The number of thioether (sulfide) groups is 1. The molecule has 0 saturated carbocycles. The summed E-state index contributed by atoms with van der Waals surface area (Å²) in [7, 11) is 0. The van der Waals surface area contributed by atoms with E-state index in [4.69, 9.17) is 11.6 Å². The molecule has 0 unspecified atom stereocenters. The number of nitrogens with zero attached hydrogens (tertiary/aromatic N) is 2. The summed E-state index contributed by atoms with van der Waals surface area (Å²) in [4.78, 5) is 29.1. The van der Waals surface area contributed by atoms with Gasteiger partial charge in [0.15, 0.2) is 5.03 Å². The lowest BCUT2D eigenvalue weighted by atomic mass is 10.1. The third-order valence-electron chi connectivity index (χ3n) is 4.24. The minimum atomic E-state index is -0.285. The first-order chi connectivity index (χ1) is 13.3. The third-order valence-corrected chi connectivity index (χ3v) is 5.61. The molecule has 0 aliphatic heterocycles. The quantitative estimate of drug-likeness (QED) is 0.623. The average molecular weight is 414 g/mol. The molecule has 1 heterocycles. The number of aryl methyl sites for hydroxylation is 3. The van der Waals surface area contributed by atoms with E-state index < -0.39 is 0 Å². The van der Waals surface area contributed by atoms with E-state index in [2.05, 4.69) is 10.3 Å². The van der Waals surface area contributed by atoms with Crippen LogP contribution in [0.3, 0.4) is 0 Å². The van der Waals surface area contributed by atoms with Gasteiger partial charge in [0.2, 0.25) is 5.91 Å². The second-order valence-corrected chi connectivity index (χ2v) is 7.87. The van der Waals surface area contributed by atoms with Gasteiger partial charge >= 0.3 is 0 Å². The molecule has 1 N–H and O–H groups in total. The van der Waals surface area contributed by atoms with Crippen molar-refractivity contribution in [3.05, 3.63) is 80.9 Å². The highest BCUT2D eigenvalue weighted by Gasteiger charge is 2.11. The fraction of sp³-hybridized carbons (Fsp3) is 0.190. The Morgan fingerprint density at radius 3 is 2.64 bits per heavy atom. The molecule has 28 heavy (non-hydrogen) atoms.